The van der Waals surface area contributed by atoms with Crippen LogP contribution in [0, 0.1) is 5.92 Å². The summed E-state index contributed by atoms with van der Waals surface area (Å²) < 4.78 is 47.5. The van der Waals surface area contributed by atoms with Gasteiger partial charge in [-0.1, -0.05) is 0 Å². The van der Waals surface area contributed by atoms with Crippen molar-refractivity contribution in [1.29, 1.82) is 0 Å². The average molecular weight is 175 g/mol. The van der Waals surface area contributed by atoms with Crippen LogP contribution in [0.5, 0.6) is 0 Å². The molecule has 0 aliphatic rings. The molecule has 0 aliphatic heterocycles. The van der Waals surface area contributed by atoms with Crippen molar-refractivity contribution in [1.82, 2.24) is 0 Å². The van der Waals surface area contributed by atoms with Crippen molar-refractivity contribution in [2.45, 2.75) is 12.3 Å². The van der Waals surface area contributed by atoms with Gasteiger partial charge >= 0.3 is 12.3 Å². The fraction of sp³-hybridized carbons (Fsp3) is 1.00. The Morgan fingerprint density at radius 3 is 1.91 bits per heavy atom. The predicted molar refractivity (Wildman–Crippen MR) is 30.6 cm³/mol. The summed E-state index contributed by atoms with van der Waals surface area (Å²) in [5.41, 5.74) is 4.73. The predicted octanol–water partition coefficient (Wildman–Crippen LogP) is 0.454. The molecule has 1 atom stereocenters. The summed E-state index contributed by atoms with van der Waals surface area (Å²) in [6, 6.07) is 0. The lowest BCUT2D eigenvalue weighted by molar-refractivity contribution is -0.170. The quantitative estimate of drug-likeness (QED) is 0.609. The van der Waals surface area contributed by atoms with E-state index in [4.69, 9.17) is 10.8 Å². The number of aliphatic hydroxyl groups excluding tert-OH is 1. The fourth-order valence-electron chi connectivity index (χ4n) is 0.532. The number of hydrogen-bond acceptors (Lipinski definition) is 2. The molecule has 0 aromatic carbocycles. The lowest BCUT2D eigenvalue weighted by Crippen LogP contribution is -2.42. The molecule has 0 aliphatic carbocycles. The highest BCUT2D eigenvalue weighted by atomic mass is 19.3. The first-order valence-corrected chi connectivity index (χ1v) is 2.93. The number of alkyl halides is 4. The topological polar surface area (TPSA) is 46.2 Å². The SMILES string of the molecule is NCC(CO)C(F)(F)C(F)F. The van der Waals surface area contributed by atoms with Crippen molar-refractivity contribution in [3.05, 3.63) is 0 Å². The summed E-state index contributed by atoms with van der Waals surface area (Å²) in [6.45, 7) is -1.69. The van der Waals surface area contributed by atoms with Crippen LogP contribution < -0.4 is 5.73 Å². The first-order chi connectivity index (χ1) is 4.96. The van der Waals surface area contributed by atoms with Gasteiger partial charge in [-0.25, -0.2) is 8.78 Å². The molecule has 0 spiro atoms. The highest BCUT2D eigenvalue weighted by Gasteiger charge is 2.47. The summed E-state index contributed by atoms with van der Waals surface area (Å²) >= 11 is 0. The van der Waals surface area contributed by atoms with E-state index in [0.717, 1.165) is 0 Å². The zero-order valence-corrected chi connectivity index (χ0v) is 5.61. The van der Waals surface area contributed by atoms with Crippen LogP contribution in [0.2, 0.25) is 0 Å². The van der Waals surface area contributed by atoms with E-state index in [1.54, 1.807) is 0 Å². The van der Waals surface area contributed by atoms with E-state index in [-0.39, 0.29) is 0 Å². The van der Waals surface area contributed by atoms with E-state index in [9.17, 15) is 17.6 Å². The summed E-state index contributed by atoms with van der Waals surface area (Å²) in [7, 11) is 0. The van der Waals surface area contributed by atoms with Gasteiger partial charge in [0.05, 0.1) is 12.5 Å². The molecule has 3 N–H and O–H groups in total. The van der Waals surface area contributed by atoms with Gasteiger partial charge in [0.15, 0.2) is 0 Å². The molecule has 0 aromatic heterocycles. The van der Waals surface area contributed by atoms with Gasteiger partial charge in [-0.05, 0) is 0 Å². The van der Waals surface area contributed by atoms with Crippen molar-refractivity contribution in [3.8, 4) is 0 Å². The standard InChI is InChI=1S/C5H9F4NO/c6-4(7)5(8,9)3(1-10)2-11/h3-4,11H,1-2,10H2. The third-order valence-electron chi connectivity index (χ3n) is 1.34. The Morgan fingerprint density at radius 1 is 1.36 bits per heavy atom. The van der Waals surface area contributed by atoms with E-state index in [2.05, 4.69) is 0 Å². The number of rotatable bonds is 4. The Labute approximate surface area is 61.0 Å². The summed E-state index contributed by atoms with van der Waals surface area (Å²) in [6.07, 6.45) is -3.77. The van der Waals surface area contributed by atoms with Crippen LogP contribution in [0.3, 0.4) is 0 Å². The van der Waals surface area contributed by atoms with Gasteiger partial charge in [0, 0.05) is 6.54 Å². The van der Waals surface area contributed by atoms with Gasteiger partial charge in [-0.2, -0.15) is 8.78 Å². The maximum Gasteiger partial charge on any atom is 0.313 e. The van der Waals surface area contributed by atoms with Gasteiger partial charge in [0.1, 0.15) is 0 Å². The van der Waals surface area contributed by atoms with Gasteiger partial charge < -0.3 is 10.8 Å². The van der Waals surface area contributed by atoms with Gasteiger partial charge in [-0.3, -0.25) is 0 Å². The van der Waals surface area contributed by atoms with Crippen molar-refractivity contribution >= 4 is 0 Å². The van der Waals surface area contributed by atoms with Gasteiger partial charge in [0.25, 0.3) is 0 Å². The van der Waals surface area contributed by atoms with E-state index >= 15 is 0 Å². The smallest absolute Gasteiger partial charge is 0.313 e. The average Bonchev–Trinajstić information content (AvgIpc) is 1.89. The summed E-state index contributed by atoms with van der Waals surface area (Å²) in [4.78, 5) is 0. The van der Waals surface area contributed by atoms with Gasteiger partial charge in [-0.15, -0.1) is 0 Å². The van der Waals surface area contributed by atoms with Crippen molar-refractivity contribution in [3.63, 3.8) is 0 Å². The van der Waals surface area contributed by atoms with Crippen LogP contribution in [0.1, 0.15) is 0 Å². The van der Waals surface area contributed by atoms with Crippen LogP contribution >= 0.6 is 0 Å². The highest BCUT2D eigenvalue weighted by molar-refractivity contribution is 4.79. The Balaban J connectivity index is 4.24. The molecule has 0 radical (unpaired) electrons. The molecule has 2 nitrogen and oxygen atoms in total. The second-order valence-corrected chi connectivity index (χ2v) is 2.09. The minimum absolute atomic E-state index is 0.659. The molecular weight excluding hydrogens is 166 g/mol. The maximum atomic E-state index is 12.2. The van der Waals surface area contributed by atoms with Crippen LogP contribution in [-0.2, 0) is 0 Å². The van der Waals surface area contributed by atoms with E-state index < -0.39 is 31.4 Å². The highest BCUT2D eigenvalue weighted by Crippen LogP contribution is 2.30. The molecule has 11 heavy (non-hydrogen) atoms. The van der Waals surface area contributed by atoms with Gasteiger partial charge in [0.2, 0.25) is 0 Å². The Hall–Kier alpha value is -0.360. The molecular formula is C5H9F4NO. The molecule has 0 heterocycles. The van der Waals surface area contributed by atoms with E-state index in [0.29, 0.717) is 0 Å². The molecule has 0 fully saturated rings. The van der Waals surface area contributed by atoms with Crippen molar-refractivity contribution in [2.24, 2.45) is 11.7 Å². The first-order valence-electron chi connectivity index (χ1n) is 2.93. The fourth-order valence-corrected chi connectivity index (χ4v) is 0.532. The van der Waals surface area contributed by atoms with Crippen LogP contribution in [0.4, 0.5) is 17.6 Å². The lowest BCUT2D eigenvalue weighted by Gasteiger charge is -2.22. The summed E-state index contributed by atoms with van der Waals surface area (Å²) in [5, 5.41) is 8.22. The van der Waals surface area contributed by atoms with Crippen molar-refractivity contribution < 1.29 is 22.7 Å². The molecule has 6 heteroatoms. The molecule has 0 saturated heterocycles. The lowest BCUT2D eigenvalue weighted by atomic mass is 10.0. The molecule has 0 amide bonds. The van der Waals surface area contributed by atoms with E-state index in [1.165, 1.54) is 0 Å². The van der Waals surface area contributed by atoms with E-state index in [1.807, 2.05) is 0 Å². The Kier molecular flexibility index (Phi) is 3.74. The zero-order chi connectivity index (χ0) is 9.07. The van der Waals surface area contributed by atoms with Crippen LogP contribution in [0.15, 0.2) is 0 Å². The summed E-state index contributed by atoms with van der Waals surface area (Å²) in [5.74, 6) is -6.05. The van der Waals surface area contributed by atoms with Crippen LogP contribution in [0.25, 0.3) is 0 Å². The maximum absolute atomic E-state index is 12.2. The minimum Gasteiger partial charge on any atom is -0.396 e. The third-order valence-corrected chi connectivity index (χ3v) is 1.34. The normalized spacial score (nSPS) is 15.5. The molecule has 1 unspecified atom stereocenters. The third kappa shape index (κ3) is 2.30. The van der Waals surface area contributed by atoms with Crippen LogP contribution in [-0.4, -0.2) is 30.6 Å². The largest absolute Gasteiger partial charge is 0.396 e. The number of hydrogen-bond donors (Lipinski definition) is 2. The molecule has 0 bridgehead atoms. The molecule has 0 saturated carbocycles. The monoisotopic (exact) mass is 175 g/mol. The zero-order valence-electron chi connectivity index (χ0n) is 5.61. The Bertz CT molecular complexity index is 115. The second kappa shape index (κ2) is 3.87. The number of halogens is 4. The number of nitrogens with two attached hydrogens (primary N) is 1. The number of aliphatic hydroxyl groups is 1. The van der Waals surface area contributed by atoms with Crippen molar-refractivity contribution in [2.75, 3.05) is 13.2 Å². The minimum atomic E-state index is -4.19. The first kappa shape index (κ1) is 10.6. The molecule has 0 rings (SSSR count). The molecule has 0 aromatic rings. The second-order valence-electron chi connectivity index (χ2n) is 2.09. The molecule has 68 valence electrons. The Morgan fingerprint density at radius 2 is 1.82 bits per heavy atom.